The van der Waals surface area contributed by atoms with Crippen molar-refractivity contribution in [3.63, 3.8) is 0 Å². The van der Waals surface area contributed by atoms with Crippen LogP contribution in [0, 0.1) is 19.8 Å². The molecule has 1 saturated heterocycles. The molecule has 1 atom stereocenters. The van der Waals surface area contributed by atoms with Crippen molar-refractivity contribution in [3.8, 4) is 0 Å². The summed E-state index contributed by atoms with van der Waals surface area (Å²) in [6, 6.07) is 3.74. The Labute approximate surface area is 148 Å². The molecule has 0 N–H and O–H groups in total. The summed E-state index contributed by atoms with van der Waals surface area (Å²) in [5, 5.41) is 4.46. The summed E-state index contributed by atoms with van der Waals surface area (Å²) in [7, 11) is 1.83. The van der Waals surface area contributed by atoms with Crippen molar-refractivity contribution in [3.05, 3.63) is 35.8 Å². The first-order valence-corrected chi connectivity index (χ1v) is 8.88. The SMILES string of the molecule is Cc1nc(C)n(C[C@H]2CCCN(CC(=O)N(C)Cc3ccco3)C2)n1. The molecule has 7 nitrogen and oxygen atoms in total. The molecule has 1 amide bonds. The standard InChI is InChI=1S/C18H27N5O2/c1-14-19-15(2)23(20-14)11-16-6-4-8-22(10-16)13-18(24)21(3)12-17-7-5-9-25-17/h5,7,9,16H,4,6,8,10-13H2,1-3H3/t16-/m0/s1. The van der Waals surface area contributed by atoms with Crippen molar-refractivity contribution in [2.75, 3.05) is 26.7 Å². The minimum atomic E-state index is 0.129. The van der Waals surface area contributed by atoms with Crippen LogP contribution in [0.2, 0.25) is 0 Å². The molecule has 0 bridgehead atoms. The molecule has 1 aliphatic rings. The number of furan rings is 1. The van der Waals surface area contributed by atoms with Crippen LogP contribution < -0.4 is 0 Å². The van der Waals surface area contributed by atoms with Gasteiger partial charge in [-0.15, -0.1) is 0 Å². The smallest absolute Gasteiger partial charge is 0.236 e. The summed E-state index contributed by atoms with van der Waals surface area (Å²) in [5.41, 5.74) is 0. The van der Waals surface area contributed by atoms with E-state index in [2.05, 4.69) is 15.0 Å². The number of hydrogen-bond acceptors (Lipinski definition) is 5. The van der Waals surface area contributed by atoms with Gasteiger partial charge in [-0.05, 0) is 51.3 Å². The fourth-order valence-corrected chi connectivity index (χ4v) is 3.46. The molecular weight excluding hydrogens is 318 g/mol. The molecule has 1 aliphatic heterocycles. The fourth-order valence-electron chi connectivity index (χ4n) is 3.46. The van der Waals surface area contributed by atoms with Gasteiger partial charge in [0.1, 0.15) is 17.4 Å². The lowest BCUT2D eigenvalue weighted by Crippen LogP contribution is -2.43. The van der Waals surface area contributed by atoms with Crippen LogP contribution in [0.3, 0.4) is 0 Å². The number of carbonyl (C=O) groups is 1. The molecule has 1 fully saturated rings. The lowest BCUT2D eigenvalue weighted by molar-refractivity contribution is -0.132. The van der Waals surface area contributed by atoms with Crippen molar-refractivity contribution < 1.29 is 9.21 Å². The van der Waals surface area contributed by atoms with Gasteiger partial charge in [-0.3, -0.25) is 9.69 Å². The van der Waals surface area contributed by atoms with Gasteiger partial charge >= 0.3 is 0 Å². The molecule has 25 heavy (non-hydrogen) atoms. The summed E-state index contributed by atoms with van der Waals surface area (Å²) in [6.07, 6.45) is 3.93. The highest BCUT2D eigenvalue weighted by molar-refractivity contribution is 5.77. The Bertz CT molecular complexity index is 694. The maximum Gasteiger partial charge on any atom is 0.236 e. The Balaban J connectivity index is 1.50. The minimum Gasteiger partial charge on any atom is -0.467 e. The van der Waals surface area contributed by atoms with E-state index >= 15 is 0 Å². The number of likely N-dealkylation sites (N-methyl/N-ethyl adjacent to an activating group) is 1. The van der Waals surface area contributed by atoms with E-state index in [0.29, 0.717) is 19.0 Å². The van der Waals surface area contributed by atoms with Gasteiger partial charge in [0.05, 0.1) is 19.4 Å². The second-order valence-electron chi connectivity index (χ2n) is 6.96. The Morgan fingerprint density at radius 1 is 1.44 bits per heavy atom. The average Bonchev–Trinajstić information content (AvgIpc) is 3.17. The number of aryl methyl sites for hydroxylation is 2. The third kappa shape index (κ3) is 4.69. The Hall–Kier alpha value is -2.15. The molecular formula is C18H27N5O2. The van der Waals surface area contributed by atoms with Gasteiger partial charge in [0.15, 0.2) is 0 Å². The number of hydrogen-bond donors (Lipinski definition) is 0. The Morgan fingerprint density at radius 2 is 2.28 bits per heavy atom. The molecule has 0 radical (unpaired) electrons. The van der Waals surface area contributed by atoms with Crippen LogP contribution in [0.25, 0.3) is 0 Å². The molecule has 7 heteroatoms. The number of piperidine rings is 1. The third-order valence-corrected chi connectivity index (χ3v) is 4.75. The molecule has 0 saturated carbocycles. The molecule has 2 aromatic heterocycles. The number of carbonyl (C=O) groups excluding carboxylic acids is 1. The highest BCUT2D eigenvalue weighted by Gasteiger charge is 2.24. The van der Waals surface area contributed by atoms with Gasteiger partial charge in [-0.25, -0.2) is 9.67 Å². The second-order valence-corrected chi connectivity index (χ2v) is 6.96. The lowest BCUT2D eigenvalue weighted by Gasteiger charge is -2.33. The van der Waals surface area contributed by atoms with Crippen LogP contribution in [0.1, 0.15) is 30.3 Å². The van der Waals surface area contributed by atoms with Gasteiger partial charge in [-0.1, -0.05) is 0 Å². The van der Waals surface area contributed by atoms with Crippen LogP contribution in [-0.4, -0.2) is 57.2 Å². The third-order valence-electron chi connectivity index (χ3n) is 4.75. The maximum atomic E-state index is 12.5. The quantitative estimate of drug-likeness (QED) is 0.799. The van der Waals surface area contributed by atoms with Gasteiger partial charge in [-0.2, -0.15) is 5.10 Å². The molecule has 0 unspecified atom stereocenters. The molecule has 2 aromatic rings. The average molecular weight is 345 g/mol. The maximum absolute atomic E-state index is 12.5. The van der Waals surface area contributed by atoms with Crippen LogP contribution in [0.15, 0.2) is 22.8 Å². The first kappa shape index (κ1) is 17.7. The molecule has 0 spiro atoms. The van der Waals surface area contributed by atoms with E-state index in [9.17, 15) is 4.79 Å². The molecule has 0 aromatic carbocycles. The van der Waals surface area contributed by atoms with E-state index < -0.39 is 0 Å². The zero-order chi connectivity index (χ0) is 17.8. The minimum absolute atomic E-state index is 0.129. The zero-order valence-corrected chi connectivity index (χ0v) is 15.3. The topological polar surface area (TPSA) is 67.4 Å². The van der Waals surface area contributed by atoms with Gasteiger partial charge in [0, 0.05) is 20.1 Å². The van der Waals surface area contributed by atoms with Crippen molar-refractivity contribution in [2.24, 2.45) is 5.92 Å². The molecule has 136 valence electrons. The van der Waals surface area contributed by atoms with Crippen LogP contribution in [0.5, 0.6) is 0 Å². The van der Waals surface area contributed by atoms with Crippen molar-refractivity contribution in [1.29, 1.82) is 0 Å². The van der Waals surface area contributed by atoms with Crippen molar-refractivity contribution in [1.82, 2.24) is 24.6 Å². The first-order chi connectivity index (χ1) is 12.0. The van der Waals surface area contributed by atoms with Crippen molar-refractivity contribution >= 4 is 5.91 Å². The summed E-state index contributed by atoms with van der Waals surface area (Å²) < 4.78 is 7.31. The number of amides is 1. The van der Waals surface area contributed by atoms with Gasteiger partial charge < -0.3 is 9.32 Å². The van der Waals surface area contributed by atoms with Crippen molar-refractivity contribution in [2.45, 2.75) is 39.8 Å². The van der Waals surface area contributed by atoms with Crippen LogP contribution >= 0.6 is 0 Å². The van der Waals surface area contributed by atoms with E-state index in [1.165, 1.54) is 6.42 Å². The normalized spacial score (nSPS) is 18.4. The summed E-state index contributed by atoms with van der Waals surface area (Å²) in [5.74, 6) is 3.23. The Kier molecular flexibility index (Phi) is 5.53. The van der Waals surface area contributed by atoms with E-state index in [4.69, 9.17) is 4.42 Å². The number of aromatic nitrogens is 3. The monoisotopic (exact) mass is 345 g/mol. The number of likely N-dealkylation sites (tertiary alicyclic amines) is 1. The van der Waals surface area contributed by atoms with E-state index in [1.54, 1.807) is 11.2 Å². The zero-order valence-electron chi connectivity index (χ0n) is 15.3. The van der Waals surface area contributed by atoms with Crippen LogP contribution in [-0.2, 0) is 17.9 Å². The lowest BCUT2D eigenvalue weighted by atomic mass is 9.98. The Morgan fingerprint density at radius 3 is 2.96 bits per heavy atom. The van der Waals surface area contributed by atoms with E-state index in [1.807, 2.05) is 37.7 Å². The fraction of sp³-hybridized carbons (Fsp3) is 0.611. The summed E-state index contributed by atoms with van der Waals surface area (Å²) >= 11 is 0. The van der Waals surface area contributed by atoms with Crippen LogP contribution in [0.4, 0.5) is 0 Å². The summed E-state index contributed by atoms with van der Waals surface area (Å²) in [6.45, 7) is 7.67. The van der Waals surface area contributed by atoms with E-state index in [0.717, 1.165) is 43.5 Å². The number of rotatable bonds is 6. The molecule has 0 aliphatic carbocycles. The highest BCUT2D eigenvalue weighted by atomic mass is 16.3. The predicted molar refractivity (Wildman–Crippen MR) is 93.8 cm³/mol. The first-order valence-electron chi connectivity index (χ1n) is 8.88. The van der Waals surface area contributed by atoms with Gasteiger partial charge in [0.2, 0.25) is 5.91 Å². The number of nitrogens with zero attached hydrogens (tertiary/aromatic N) is 5. The molecule has 3 heterocycles. The highest BCUT2D eigenvalue weighted by Crippen LogP contribution is 2.19. The predicted octanol–water partition coefficient (Wildman–Crippen LogP) is 1.86. The summed E-state index contributed by atoms with van der Waals surface area (Å²) in [4.78, 5) is 20.8. The van der Waals surface area contributed by atoms with Gasteiger partial charge in [0.25, 0.3) is 0 Å². The molecule has 3 rings (SSSR count). The van der Waals surface area contributed by atoms with E-state index in [-0.39, 0.29) is 5.91 Å². The largest absolute Gasteiger partial charge is 0.467 e. The second kappa shape index (κ2) is 7.82.